The predicted molar refractivity (Wildman–Crippen MR) is 64.1 cm³/mol. The van der Waals surface area contributed by atoms with E-state index in [0.717, 1.165) is 0 Å². The lowest BCUT2D eigenvalue weighted by Crippen LogP contribution is -2.33. The molecule has 7 heteroatoms. The Balaban J connectivity index is 2.30. The summed E-state index contributed by atoms with van der Waals surface area (Å²) in [5.74, 6) is -2.44. The molecule has 6 nitrogen and oxygen atoms in total. The highest BCUT2D eigenvalue weighted by Crippen LogP contribution is 2.67. The molecule has 98 valence electrons. The van der Waals surface area contributed by atoms with Crippen LogP contribution in [0.15, 0.2) is 30.3 Å². The summed E-state index contributed by atoms with van der Waals surface area (Å²) in [6, 6.07) is 7.46. The molecule has 0 bridgehead atoms. The van der Waals surface area contributed by atoms with Crippen LogP contribution in [0.3, 0.4) is 0 Å². The quantitative estimate of drug-likeness (QED) is 0.587. The number of hydrogen-bond acceptors (Lipinski definition) is 3. The third-order valence-electron chi connectivity index (χ3n) is 3.31. The highest BCUT2D eigenvalue weighted by Gasteiger charge is 2.63. The van der Waals surface area contributed by atoms with E-state index in [0.29, 0.717) is 5.56 Å². The number of carbonyl (C=O) groups is 1. The second-order valence-electron chi connectivity index (χ2n) is 4.46. The topological polar surface area (TPSA) is 121 Å². The SMILES string of the molecule is NC(C(=O)O)[C@@H]1[C@@H](c2ccccc2)[C@H]1P(=O)(O)O. The van der Waals surface area contributed by atoms with E-state index in [1.54, 1.807) is 30.3 Å². The van der Waals surface area contributed by atoms with Crippen molar-refractivity contribution >= 4 is 13.6 Å². The molecule has 4 atom stereocenters. The highest BCUT2D eigenvalue weighted by molar-refractivity contribution is 7.53. The lowest BCUT2D eigenvalue weighted by atomic mass is 10.1. The summed E-state index contributed by atoms with van der Waals surface area (Å²) in [6.07, 6.45) is 0. The summed E-state index contributed by atoms with van der Waals surface area (Å²) < 4.78 is 11.4. The summed E-state index contributed by atoms with van der Waals surface area (Å²) in [4.78, 5) is 29.4. The number of rotatable bonds is 4. The first-order valence-corrected chi connectivity index (χ1v) is 7.10. The minimum atomic E-state index is -4.34. The molecule has 1 aromatic rings. The van der Waals surface area contributed by atoms with Crippen molar-refractivity contribution in [1.82, 2.24) is 0 Å². The van der Waals surface area contributed by atoms with E-state index < -0.39 is 37.1 Å². The van der Waals surface area contributed by atoms with Gasteiger partial charge in [-0.05, 0) is 5.56 Å². The first-order valence-electron chi connectivity index (χ1n) is 5.42. The van der Waals surface area contributed by atoms with Gasteiger partial charge in [0.15, 0.2) is 0 Å². The van der Waals surface area contributed by atoms with Gasteiger partial charge in [-0.25, -0.2) is 0 Å². The molecule has 0 spiro atoms. The highest BCUT2D eigenvalue weighted by atomic mass is 31.2. The summed E-state index contributed by atoms with van der Waals surface area (Å²) in [5, 5.41) is 8.86. The summed E-state index contributed by atoms with van der Waals surface area (Å²) in [6.45, 7) is 0. The predicted octanol–water partition coefficient (Wildman–Crippen LogP) is 0.358. The van der Waals surface area contributed by atoms with Crippen LogP contribution in [0.2, 0.25) is 0 Å². The Morgan fingerprint density at radius 3 is 2.28 bits per heavy atom. The fourth-order valence-corrected chi connectivity index (χ4v) is 3.96. The van der Waals surface area contributed by atoms with Gasteiger partial charge in [0, 0.05) is 11.8 Å². The molecule has 1 aromatic carbocycles. The maximum Gasteiger partial charge on any atom is 0.329 e. The van der Waals surface area contributed by atoms with Gasteiger partial charge in [0.2, 0.25) is 0 Å². The Labute approximate surface area is 104 Å². The Hall–Kier alpha value is -1.20. The van der Waals surface area contributed by atoms with Gasteiger partial charge in [-0.1, -0.05) is 30.3 Å². The second-order valence-corrected chi connectivity index (χ2v) is 6.23. The van der Waals surface area contributed by atoms with Crippen LogP contribution in [0.4, 0.5) is 0 Å². The van der Waals surface area contributed by atoms with Gasteiger partial charge in [-0.15, -0.1) is 0 Å². The molecule has 0 aliphatic heterocycles. The third-order valence-corrected chi connectivity index (χ3v) is 4.75. The molecule has 2 rings (SSSR count). The van der Waals surface area contributed by atoms with Crippen LogP contribution in [0.1, 0.15) is 11.5 Å². The number of carboxylic acid groups (broad SMARTS) is 1. The van der Waals surface area contributed by atoms with E-state index in [2.05, 4.69) is 0 Å². The normalized spacial score (nSPS) is 28.7. The molecule has 0 heterocycles. The number of aliphatic carboxylic acids is 1. The van der Waals surface area contributed by atoms with Crippen molar-refractivity contribution in [1.29, 1.82) is 0 Å². The van der Waals surface area contributed by atoms with Crippen LogP contribution in [0.5, 0.6) is 0 Å². The number of benzene rings is 1. The maximum absolute atomic E-state index is 11.4. The number of carboxylic acids is 1. The standard InChI is InChI=1S/C11H14NO5P/c12-9(11(13)14)8-7(10(8)18(15,16)17)6-4-2-1-3-5-6/h1-5,7-10H,12H2,(H,13,14)(H2,15,16,17)/t7-,8+,9?,10-/m1/s1. The third kappa shape index (κ3) is 2.33. The van der Waals surface area contributed by atoms with Crippen LogP contribution >= 0.6 is 7.60 Å². The van der Waals surface area contributed by atoms with Gasteiger partial charge >= 0.3 is 13.6 Å². The molecular formula is C11H14NO5P. The van der Waals surface area contributed by atoms with Crippen LogP contribution in [0, 0.1) is 5.92 Å². The minimum Gasteiger partial charge on any atom is -0.480 e. The van der Waals surface area contributed by atoms with Gasteiger partial charge in [-0.3, -0.25) is 9.36 Å². The average molecular weight is 271 g/mol. The van der Waals surface area contributed by atoms with Crippen molar-refractivity contribution < 1.29 is 24.3 Å². The minimum absolute atomic E-state index is 0.488. The van der Waals surface area contributed by atoms with Gasteiger partial charge in [0.05, 0.1) is 5.66 Å². The van der Waals surface area contributed by atoms with Gasteiger partial charge < -0.3 is 20.6 Å². The monoisotopic (exact) mass is 271 g/mol. The summed E-state index contributed by atoms with van der Waals surface area (Å²) in [5.41, 5.74) is 5.21. The van der Waals surface area contributed by atoms with Gasteiger partial charge in [-0.2, -0.15) is 0 Å². The molecule has 1 aliphatic rings. The van der Waals surface area contributed by atoms with Crippen LogP contribution in [-0.4, -0.2) is 32.6 Å². The molecule has 1 fully saturated rings. The largest absolute Gasteiger partial charge is 0.480 e. The lowest BCUT2D eigenvalue weighted by molar-refractivity contribution is -0.139. The molecule has 0 saturated heterocycles. The zero-order valence-corrected chi connectivity index (χ0v) is 10.3. The van der Waals surface area contributed by atoms with Crippen LogP contribution in [0.25, 0.3) is 0 Å². The molecule has 1 unspecified atom stereocenters. The van der Waals surface area contributed by atoms with Gasteiger partial charge in [0.1, 0.15) is 6.04 Å². The molecule has 18 heavy (non-hydrogen) atoms. The molecule has 0 amide bonds. The van der Waals surface area contributed by atoms with E-state index in [4.69, 9.17) is 10.8 Å². The van der Waals surface area contributed by atoms with E-state index >= 15 is 0 Å². The van der Waals surface area contributed by atoms with Crippen LogP contribution < -0.4 is 5.73 Å². The van der Waals surface area contributed by atoms with Gasteiger partial charge in [0.25, 0.3) is 0 Å². The first-order chi connectivity index (χ1) is 8.34. The zero-order valence-electron chi connectivity index (χ0n) is 9.38. The van der Waals surface area contributed by atoms with Crippen molar-refractivity contribution in [3.8, 4) is 0 Å². The number of hydrogen-bond donors (Lipinski definition) is 4. The van der Waals surface area contributed by atoms with E-state index in [9.17, 15) is 19.1 Å². The van der Waals surface area contributed by atoms with E-state index in [1.807, 2.05) is 0 Å². The zero-order chi connectivity index (χ0) is 13.5. The molecule has 0 radical (unpaired) electrons. The lowest BCUT2D eigenvalue weighted by Gasteiger charge is -2.05. The Bertz CT molecular complexity index is 499. The second kappa shape index (κ2) is 4.48. The summed E-state index contributed by atoms with van der Waals surface area (Å²) in [7, 11) is -4.34. The summed E-state index contributed by atoms with van der Waals surface area (Å²) >= 11 is 0. The van der Waals surface area contributed by atoms with E-state index in [-0.39, 0.29) is 0 Å². The molecule has 1 saturated carbocycles. The van der Waals surface area contributed by atoms with Crippen molar-refractivity contribution in [2.45, 2.75) is 17.6 Å². The number of nitrogens with two attached hydrogens (primary N) is 1. The fraction of sp³-hybridized carbons (Fsp3) is 0.364. The van der Waals surface area contributed by atoms with Crippen LogP contribution in [-0.2, 0) is 9.36 Å². The smallest absolute Gasteiger partial charge is 0.329 e. The Morgan fingerprint density at radius 2 is 1.83 bits per heavy atom. The van der Waals surface area contributed by atoms with Crippen molar-refractivity contribution in [2.75, 3.05) is 0 Å². The Morgan fingerprint density at radius 1 is 1.28 bits per heavy atom. The fourth-order valence-electron chi connectivity index (χ4n) is 2.45. The maximum atomic E-state index is 11.4. The average Bonchev–Trinajstić information content (AvgIpc) is 3.03. The van der Waals surface area contributed by atoms with E-state index in [1.165, 1.54) is 0 Å². The molecule has 0 aromatic heterocycles. The molecular weight excluding hydrogens is 257 g/mol. The van der Waals surface area contributed by atoms with Crippen molar-refractivity contribution in [3.63, 3.8) is 0 Å². The Kier molecular flexibility index (Phi) is 3.29. The first kappa shape index (κ1) is 13.2. The van der Waals surface area contributed by atoms with Crippen molar-refractivity contribution in [2.24, 2.45) is 11.7 Å². The molecule has 5 N–H and O–H groups in total. The molecule has 1 aliphatic carbocycles. The van der Waals surface area contributed by atoms with Crippen molar-refractivity contribution in [3.05, 3.63) is 35.9 Å².